The molecule has 6 nitrogen and oxygen atoms in total. The van der Waals surface area contributed by atoms with Crippen LogP contribution in [-0.2, 0) is 0 Å². The standard InChI is InChI=1S/C13H13N3O3/c1-2-15-10-7-8(12(17)18)3-4-9(10)11-14-5-6-16(11)13(15)19/h3-4,7H,2,5-6H2,1H3,(H,17,18). The van der Waals surface area contributed by atoms with E-state index in [1.165, 1.54) is 6.07 Å². The molecule has 1 N–H and O–H groups in total. The van der Waals surface area contributed by atoms with Gasteiger partial charge in [0.15, 0.2) is 0 Å². The lowest BCUT2D eigenvalue weighted by atomic mass is 10.0. The van der Waals surface area contributed by atoms with E-state index >= 15 is 0 Å². The number of fused-ring (bicyclic) bond motifs is 3. The van der Waals surface area contributed by atoms with Gasteiger partial charge in [0.05, 0.1) is 17.8 Å². The third-order valence-electron chi connectivity index (χ3n) is 3.40. The molecule has 0 spiro atoms. The van der Waals surface area contributed by atoms with Gasteiger partial charge in [0.25, 0.3) is 0 Å². The van der Waals surface area contributed by atoms with Crippen LogP contribution in [0.5, 0.6) is 0 Å². The molecule has 0 unspecified atom stereocenters. The van der Waals surface area contributed by atoms with Crippen molar-refractivity contribution in [3.05, 3.63) is 29.3 Å². The Morgan fingerprint density at radius 3 is 2.95 bits per heavy atom. The number of carboxylic acid groups (broad SMARTS) is 1. The number of carboxylic acids is 1. The first kappa shape index (κ1) is 11.7. The number of hydrogen-bond donors (Lipinski definition) is 1. The summed E-state index contributed by atoms with van der Waals surface area (Å²) in [7, 11) is 0. The molecule has 19 heavy (non-hydrogen) atoms. The number of carbonyl (C=O) groups excluding carboxylic acids is 1. The molecular weight excluding hydrogens is 246 g/mol. The van der Waals surface area contributed by atoms with Gasteiger partial charge in [-0.25, -0.2) is 9.59 Å². The highest BCUT2D eigenvalue weighted by Crippen LogP contribution is 2.31. The van der Waals surface area contributed by atoms with E-state index in [-0.39, 0.29) is 11.6 Å². The smallest absolute Gasteiger partial charge is 0.335 e. The van der Waals surface area contributed by atoms with Crippen molar-refractivity contribution >= 4 is 23.5 Å². The summed E-state index contributed by atoms with van der Waals surface area (Å²) in [6.07, 6.45) is 0. The zero-order valence-corrected chi connectivity index (χ0v) is 10.5. The van der Waals surface area contributed by atoms with Gasteiger partial charge in [0.2, 0.25) is 0 Å². The van der Waals surface area contributed by atoms with Crippen LogP contribution in [0.2, 0.25) is 0 Å². The largest absolute Gasteiger partial charge is 0.478 e. The molecule has 1 aromatic carbocycles. The highest BCUT2D eigenvalue weighted by Gasteiger charge is 2.36. The lowest BCUT2D eigenvalue weighted by molar-refractivity contribution is 0.0697. The van der Waals surface area contributed by atoms with E-state index in [4.69, 9.17) is 5.11 Å². The summed E-state index contributed by atoms with van der Waals surface area (Å²) in [6, 6.07) is 4.68. The summed E-state index contributed by atoms with van der Waals surface area (Å²) >= 11 is 0. The van der Waals surface area contributed by atoms with Crippen molar-refractivity contribution in [3.63, 3.8) is 0 Å². The summed E-state index contributed by atoms with van der Waals surface area (Å²) in [5.74, 6) is -0.344. The average Bonchev–Trinajstić information content (AvgIpc) is 2.88. The highest BCUT2D eigenvalue weighted by atomic mass is 16.4. The van der Waals surface area contributed by atoms with E-state index in [0.29, 0.717) is 31.2 Å². The molecule has 0 aromatic heterocycles. The van der Waals surface area contributed by atoms with Gasteiger partial charge in [-0.15, -0.1) is 0 Å². The van der Waals surface area contributed by atoms with E-state index in [2.05, 4.69) is 4.99 Å². The molecule has 0 bridgehead atoms. The van der Waals surface area contributed by atoms with Crippen LogP contribution in [0.4, 0.5) is 10.5 Å². The zero-order valence-electron chi connectivity index (χ0n) is 10.5. The fraction of sp³-hybridized carbons (Fsp3) is 0.308. The minimum atomic E-state index is -0.998. The lowest BCUT2D eigenvalue weighted by Crippen LogP contribution is -2.49. The van der Waals surface area contributed by atoms with E-state index in [1.54, 1.807) is 21.9 Å². The molecule has 2 heterocycles. The Bertz CT molecular complexity index is 609. The minimum absolute atomic E-state index is 0.131. The molecule has 1 aromatic rings. The predicted octanol–water partition coefficient (Wildman–Crippen LogP) is 1.41. The first-order valence-corrected chi connectivity index (χ1v) is 6.14. The quantitative estimate of drug-likeness (QED) is 0.872. The van der Waals surface area contributed by atoms with Crippen LogP contribution in [0.3, 0.4) is 0 Å². The SMILES string of the molecule is CCN1C(=O)N2CCN=C2c2ccc(C(=O)O)cc21. The third-order valence-corrected chi connectivity index (χ3v) is 3.40. The number of aromatic carboxylic acids is 1. The molecule has 2 amide bonds. The van der Waals surface area contributed by atoms with Gasteiger partial charge >= 0.3 is 12.0 Å². The van der Waals surface area contributed by atoms with Gasteiger partial charge in [0.1, 0.15) is 5.84 Å². The van der Waals surface area contributed by atoms with Crippen molar-refractivity contribution in [1.29, 1.82) is 0 Å². The van der Waals surface area contributed by atoms with Crippen molar-refractivity contribution in [2.45, 2.75) is 6.92 Å². The van der Waals surface area contributed by atoms with Crippen LogP contribution in [-0.4, -0.2) is 47.5 Å². The highest BCUT2D eigenvalue weighted by molar-refractivity contribution is 6.20. The zero-order chi connectivity index (χ0) is 13.6. The second kappa shape index (κ2) is 4.08. The monoisotopic (exact) mass is 259 g/mol. The number of anilines is 1. The van der Waals surface area contributed by atoms with E-state index in [1.807, 2.05) is 6.92 Å². The molecule has 0 aliphatic carbocycles. The second-order valence-electron chi connectivity index (χ2n) is 4.42. The minimum Gasteiger partial charge on any atom is -0.478 e. The van der Waals surface area contributed by atoms with Crippen molar-refractivity contribution < 1.29 is 14.7 Å². The number of amidine groups is 1. The molecule has 98 valence electrons. The first-order valence-electron chi connectivity index (χ1n) is 6.14. The van der Waals surface area contributed by atoms with Gasteiger partial charge in [-0.1, -0.05) is 0 Å². The Morgan fingerprint density at radius 1 is 1.47 bits per heavy atom. The summed E-state index contributed by atoms with van der Waals surface area (Å²) < 4.78 is 0. The molecule has 2 aliphatic heterocycles. The number of rotatable bonds is 2. The lowest BCUT2D eigenvalue weighted by Gasteiger charge is -2.34. The van der Waals surface area contributed by atoms with Crippen LogP contribution in [0.25, 0.3) is 0 Å². The molecule has 2 aliphatic rings. The first-order chi connectivity index (χ1) is 9.13. The Labute approximate surface area is 110 Å². The summed E-state index contributed by atoms with van der Waals surface area (Å²) in [6.45, 7) is 3.55. The van der Waals surface area contributed by atoms with Gasteiger partial charge in [-0.05, 0) is 25.1 Å². The van der Waals surface area contributed by atoms with Crippen molar-refractivity contribution in [2.24, 2.45) is 4.99 Å². The summed E-state index contributed by atoms with van der Waals surface area (Å²) in [4.78, 5) is 30.9. The molecule has 0 fully saturated rings. The van der Waals surface area contributed by atoms with Crippen LogP contribution >= 0.6 is 0 Å². The fourth-order valence-corrected chi connectivity index (χ4v) is 2.50. The van der Waals surface area contributed by atoms with Crippen LogP contribution < -0.4 is 4.90 Å². The number of hydrogen-bond acceptors (Lipinski definition) is 3. The van der Waals surface area contributed by atoms with E-state index < -0.39 is 5.97 Å². The van der Waals surface area contributed by atoms with Gasteiger partial charge in [-0.2, -0.15) is 0 Å². The topological polar surface area (TPSA) is 73.2 Å². The molecule has 0 saturated carbocycles. The van der Waals surface area contributed by atoms with Crippen molar-refractivity contribution in [3.8, 4) is 0 Å². The Hall–Kier alpha value is -2.37. The van der Waals surface area contributed by atoms with Gasteiger partial charge in [-0.3, -0.25) is 14.8 Å². The van der Waals surface area contributed by atoms with Crippen LogP contribution in [0.1, 0.15) is 22.8 Å². The number of benzene rings is 1. The summed E-state index contributed by atoms with van der Waals surface area (Å²) in [5, 5.41) is 9.05. The number of carbonyl (C=O) groups is 2. The number of nitrogens with zero attached hydrogens (tertiary/aromatic N) is 3. The van der Waals surface area contributed by atoms with Gasteiger partial charge < -0.3 is 5.11 Å². The molecule has 6 heteroatoms. The van der Waals surface area contributed by atoms with E-state index in [0.717, 1.165) is 5.56 Å². The van der Waals surface area contributed by atoms with Crippen molar-refractivity contribution in [2.75, 3.05) is 24.5 Å². The Morgan fingerprint density at radius 2 is 2.26 bits per heavy atom. The fourth-order valence-electron chi connectivity index (χ4n) is 2.50. The Balaban J connectivity index is 2.20. The normalized spacial score (nSPS) is 17.1. The van der Waals surface area contributed by atoms with Crippen molar-refractivity contribution in [1.82, 2.24) is 4.90 Å². The molecular formula is C13H13N3O3. The van der Waals surface area contributed by atoms with Crippen LogP contribution in [0.15, 0.2) is 23.2 Å². The second-order valence-corrected chi connectivity index (χ2v) is 4.42. The Kier molecular flexibility index (Phi) is 2.51. The molecule has 3 rings (SSSR count). The number of urea groups is 1. The van der Waals surface area contributed by atoms with E-state index in [9.17, 15) is 9.59 Å². The maximum atomic E-state index is 12.3. The summed E-state index contributed by atoms with van der Waals surface area (Å²) in [5.41, 5.74) is 1.63. The van der Waals surface area contributed by atoms with Crippen LogP contribution in [0, 0.1) is 0 Å². The maximum absolute atomic E-state index is 12.3. The van der Waals surface area contributed by atoms with Gasteiger partial charge in [0, 0.05) is 18.7 Å². The predicted molar refractivity (Wildman–Crippen MR) is 69.9 cm³/mol. The third kappa shape index (κ3) is 1.60. The number of amides is 2. The maximum Gasteiger partial charge on any atom is 0.335 e. The molecule has 0 atom stereocenters. The number of aliphatic imine (C=N–C) groups is 1. The molecule has 0 saturated heterocycles. The average molecular weight is 259 g/mol. The molecule has 0 radical (unpaired) electrons.